The zero-order chi connectivity index (χ0) is 19.5. The van der Waals surface area contributed by atoms with E-state index in [0.717, 1.165) is 11.3 Å². The average molecular weight is 382 g/mol. The van der Waals surface area contributed by atoms with Crippen LogP contribution in [-0.4, -0.2) is 64.3 Å². The van der Waals surface area contributed by atoms with Crippen LogP contribution in [0.2, 0.25) is 0 Å². The van der Waals surface area contributed by atoms with E-state index in [4.69, 9.17) is 4.74 Å². The summed E-state index contributed by atoms with van der Waals surface area (Å²) in [6, 6.07) is 7.78. The van der Waals surface area contributed by atoms with E-state index in [0.29, 0.717) is 56.0 Å². The van der Waals surface area contributed by atoms with E-state index in [1.165, 1.54) is 6.20 Å². The summed E-state index contributed by atoms with van der Waals surface area (Å²) in [7, 11) is 1.64. The monoisotopic (exact) mass is 382 g/mol. The van der Waals surface area contributed by atoms with Gasteiger partial charge in [0.15, 0.2) is 5.65 Å². The van der Waals surface area contributed by atoms with Crippen LogP contribution in [0.1, 0.15) is 12.0 Å². The van der Waals surface area contributed by atoms with Crippen LogP contribution < -0.4 is 15.2 Å². The Morgan fingerprint density at radius 2 is 1.93 bits per heavy atom. The van der Waals surface area contributed by atoms with Gasteiger partial charge in [0.1, 0.15) is 11.1 Å². The third kappa shape index (κ3) is 3.68. The molecule has 1 aliphatic rings. The lowest BCUT2D eigenvalue weighted by Gasteiger charge is -2.35. The zero-order valence-corrected chi connectivity index (χ0v) is 15.6. The Bertz CT molecular complexity index is 1020. The number of methoxy groups -OCH3 is 1. The van der Waals surface area contributed by atoms with Crippen molar-refractivity contribution in [1.82, 2.24) is 25.1 Å². The van der Waals surface area contributed by atoms with Gasteiger partial charge in [0.2, 0.25) is 11.9 Å². The molecule has 0 radical (unpaired) electrons. The molecule has 9 nitrogen and oxygen atoms in total. The number of carbonyl (C=O) groups is 1. The fourth-order valence-electron chi connectivity index (χ4n) is 3.35. The van der Waals surface area contributed by atoms with Crippen molar-refractivity contribution in [3.05, 3.63) is 46.4 Å². The Morgan fingerprint density at radius 1 is 1.18 bits per heavy atom. The number of nitrogens with one attached hydrogen (secondary N) is 2. The van der Waals surface area contributed by atoms with E-state index in [2.05, 4.69) is 20.2 Å². The quantitative estimate of drug-likeness (QED) is 0.680. The number of rotatable bonds is 5. The van der Waals surface area contributed by atoms with Crippen LogP contribution in [0.4, 0.5) is 5.95 Å². The topological polar surface area (TPSA) is 107 Å². The highest BCUT2D eigenvalue weighted by Crippen LogP contribution is 2.15. The van der Waals surface area contributed by atoms with Gasteiger partial charge in [0.05, 0.1) is 13.3 Å². The number of carbonyl (C=O) groups excluding carboxylic acids is 1. The van der Waals surface area contributed by atoms with Crippen LogP contribution in [0.25, 0.3) is 11.0 Å². The normalized spacial score (nSPS) is 14.5. The Hall–Kier alpha value is -3.36. The molecule has 0 saturated carbocycles. The first kappa shape index (κ1) is 18.0. The van der Waals surface area contributed by atoms with Gasteiger partial charge < -0.3 is 14.5 Å². The number of hydrogen-bond acceptors (Lipinski definition) is 6. The van der Waals surface area contributed by atoms with Crippen molar-refractivity contribution in [2.75, 3.05) is 38.2 Å². The Morgan fingerprint density at radius 3 is 2.64 bits per heavy atom. The van der Waals surface area contributed by atoms with Crippen LogP contribution in [0.5, 0.6) is 5.75 Å². The summed E-state index contributed by atoms with van der Waals surface area (Å²) in [5.74, 6) is 1.46. The van der Waals surface area contributed by atoms with Crippen molar-refractivity contribution in [1.29, 1.82) is 0 Å². The summed E-state index contributed by atoms with van der Waals surface area (Å²) < 4.78 is 5.15. The summed E-state index contributed by atoms with van der Waals surface area (Å²) >= 11 is 0. The average Bonchev–Trinajstić information content (AvgIpc) is 3.22. The third-order valence-corrected chi connectivity index (χ3v) is 5.03. The predicted molar refractivity (Wildman–Crippen MR) is 105 cm³/mol. The molecule has 0 atom stereocenters. The van der Waals surface area contributed by atoms with E-state index in [9.17, 15) is 9.59 Å². The van der Waals surface area contributed by atoms with Crippen LogP contribution in [0.15, 0.2) is 35.3 Å². The van der Waals surface area contributed by atoms with Crippen molar-refractivity contribution in [3.8, 4) is 5.75 Å². The Balaban J connectivity index is 1.32. The maximum absolute atomic E-state index is 12.5. The standard InChI is InChI=1S/C19H22N6O3/c1-28-14-5-2-13(3-6-14)4-7-16(26)24-8-10-25(11-9-24)19-21-17-15(12-20-23-17)18(27)22-19/h2-3,5-6,12H,4,7-11H2,1H3,(H2,20,21,22,23,27). The smallest absolute Gasteiger partial charge is 0.263 e. The molecule has 1 amide bonds. The molecule has 2 N–H and O–H groups in total. The number of amides is 1. The first-order valence-electron chi connectivity index (χ1n) is 9.23. The lowest BCUT2D eigenvalue weighted by Crippen LogP contribution is -2.49. The highest BCUT2D eigenvalue weighted by atomic mass is 16.5. The maximum atomic E-state index is 12.5. The highest BCUT2D eigenvalue weighted by Gasteiger charge is 2.22. The van der Waals surface area contributed by atoms with Crippen molar-refractivity contribution in [3.63, 3.8) is 0 Å². The van der Waals surface area contributed by atoms with E-state index in [1.807, 2.05) is 34.1 Å². The van der Waals surface area contributed by atoms with Crippen molar-refractivity contribution in [2.45, 2.75) is 12.8 Å². The van der Waals surface area contributed by atoms with Gasteiger partial charge in [-0.25, -0.2) is 0 Å². The van der Waals surface area contributed by atoms with E-state index >= 15 is 0 Å². The van der Waals surface area contributed by atoms with Gasteiger partial charge in [-0.1, -0.05) is 12.1 Å². The second-order valence-corrected chi connectivity index (χ2v) is 6.74. The SMILES string of the molecule is COc1ccc(CCC(=O)N2CCN(c3nc4[nH]ncc4c(=O)[nH]3)CC2)cc1. The first-order chi connectivity index (χ1) is 13.6. The number of aromatic nitrogens is 4. The van der Waals surface area contributed by atoms with Crippen molar-refractivity contribution < 1.29 is 9.53 Å². The molecule has 0 bridgehead atoms. The van der Waals surface area contributed by atoms with Crippen molar-refractivity contribution >= 4 is 22.9 Å². The number of benzene rings is 1. The van der Waals surface area contributed by atoms with E-state index in [-0.39, 0.29) is 11.5 Å². The van der Waals surface area contributed by atoms with Gasteiger partial charge in [-0.15, -0.1) is 0 Å². The summed E-state index contributed by atoms with van der Waals surface area (Å²) in [6.07, 6.45) is 2.64. The first-order valence-corrected chi connectivity index (χ1v) is 9.23. The molecule has 146 valence electrons. The molecule has 3 aromatic rings. The third-order valence-electron chi connectivity index (χ3n) is 5.03. The fraction of sp³-hybridized carbons (Fsp3) is 0.368. The highest BCUT2D eigenvalue weighted by molar-refractivity contribution is 5.77. The molecule has 0 aliphatic carbocycles. The molecule has 1 aliphatic heterocycles. The molecule has 0 spiro atoms. The maximum Gasteiger partial charge on any atom is 0.263 e. The number of piperazine rings is 1. The molecule has 28 heavy (non-hydrogen) atoms. The van der Waals surface area contributed by atoms with Crippen LogP contribution in [0, 0.1) is 0 Å². The molecule has 4 rings (SSSR count). The molecule has 0 unspecified atom stereocenters. The molecule has 1 saturated heterocycles. The van der Waals surface area contributed by atoms with Gasteiger partial charge >= 0.3 is 0 Å². The van der Waals surface area contributed by atoms with Crippen LogP contribution in [-0.2, 0) is 11.2 Å². The second kappa shape index (κ2) is 7.71. The van der Waals surface area contributed by atoms with Crippen LogP contribution in [0.3, 0.4) is 0 Å². The van der Waals surface area contributed by atoms with Gasteiger partial charge in [-0.2, -0.15) is 10.1 Å². The second-order valence-electron chi connectivity index (χ2n) is 6.74. The minimum absolute atomic E-state index is 0.140. The number of H-pyrrole nitrogens is 2. The van der Waals surface area contributed by atoms with E-state index < -0.39 is 0 Å². The number of aromatic amines is 2. The number of hydrogen-bond donors (Lipinski definition) is 2. The predicted octanol–water partition coefficient (Wildman–Crippen LogP) is 0.936. The van der Waals surface area contributed by atoms with Crippen molar-refractivity contribution in [2.24, 2.45) is 0 Å². The minimum atomic E-state index is -0.216. The van der Waals surface area contributed by atoms with Gasteiger partial charge in [-0.3, -0.25) is 19.7 Å². The minimum Gasteiger partial charge on any atom is -0.497 e. The number of aryl methyl sites for hydroxylation is 1. The molecule has 1 aromatic carbocycles. The number of nitrogens with zero attached hydrogens (tertiary/aromatic N) is 4. The summed E-state index contributed by atoms with van der Waals surface area (Å²) in [5, 5.41) is 7.02. The van der Waals surface area contributed by atoms with Gasteiger partial charge in [0, 0.05) is 32.6 Å². The molecular weight excluding hydrogens is 360 g/mol. The Labute approximate surface area is 161 Å². The van der Waals surface area contributed by atoms with E-state index in [1.54, 1.807) is 7.11 Å². The summed E-state index contributed by atoms with van der Waals surface area (Å²) in [5.41, 5.74) is 1.37. The summed E-state index contributed by atoms with van der Waals surface area (Å²) in [6.45, 7) is 2.45. The molecule has 3 heterocycles. The number of anilines is 1. The van der Waals surface area contributed by atoms with Crippen LogP contribution >= 0.6 is 0 Å². The lowest BCUT2D eigenvalue weighted by molar-refractivity contribution is -0.131. The van der Waals surface area contributed by atoms with Gasteiger partial charge in [0.25, 0.3) is 5.56 Å². The Kier molecular flexibility index (Phi) is 4.96. The largest absolute Gasteiger partial charge is 0.497 e. The fourth-order valence-corrected chi connectivity index (χ4v) is 3.35. The zero-order valence-electron chi connectivity index (χ0n) is 15.6. The lowest BCUT2D eigenvalue weighted by atomic mass is 10.1. The molecule has 9 heteroatoms. The number of ether oxygens (including phenoxy) is 1. The summed E-state index contributed by atoms with van der Waals surface area (Å²) in [4.78, 5) is 35.7. The molecule has 1 fully saturated rings. The molecule has 2 aromatic heterocycles. The van der Waals surface area contributed by atoms with Gasteiger partial charge in [-0.05, 0) is 24.1 Å². The molecular formula is C19H22N6O3. The number of fused-ring (bicyclic) bond motifs is 1.